The van der Waals surface area contributed by atoms with Crippen LogP contribution in [0.25, 0.3) is 0 Å². The van der Waals surface area contributed by atoms with Gasteiger partial charge in [0.15, 0.2) is 5.76 Å². The zero-order valence-corrected chi connectivity index (χ0v) is 20.9. The lowest BCUT2D eigenvalue weighted by Gasteiger charge is -2.06. The Morgan fingerprint density at radius 2 is 1.86 bits per heavy atom. The van der Waals surface area contributed by atoms with Crippen molar-refractivity contribution in [3.8, 4) is 11.8 Å². The molecule has 2 N–H and O–H groups in total. The van der Waals surface area contributed by atoms with Gasteiger partial charge in [0.05, 0.1) is 36.5 Å². The molecular formula is C28H23N3O5S. The fourth-order valence-corrected chi connectivity index (χ4v) is 4.26. The molecule has 0 saturated heterocycles. The first kappa shape index (κ1) is 25.7. The topological polar surface area (TPSA) is 114 Å². The normalized spacial score (nSPS) is 11.4. The molecule has 4 aromatic rings. The van der Waals surface area contributed by atoms with Gasteiger partial charge in [0.25, 0.3) is 11.8 Å². The Kier molecular flexibility index (Phi) is 8.38. The second-order valence-corrected chi connectivity index (χ2v) is 9.28. The number of amides is 2. The van der Waals surface area contributed by atoms with Crippen molar-refractivity contribution in [2.45, 2.75) is 18.4 Å². The monoisotopic (exact) mass is 513 g/mol. The summed E-state index contributed by atoms with van der Waals surface area (Å²) in [6.45, 7) is 1.73. The minimum absolute atomic E-state index is 0.0693. The SMILES string of the molecule is COS(=NC(=O)c1cncc(C#Cc2cccc(NC(=O)c3occc3C)c2)c1)c1ccc(CO)cc1. The van der Waals surface area contributed by atoms with Gasteiger partial charge < -0.3 is 19.0 Å². The zero-order valence-electron chi connectivity index (χ0n) is 20.1. The minimum Gasteiger partial charge on any atom is -0.459 e. The molecule has 0 bridgehead atoms. The zero-order chi connectivity index (χ0) is 26.2. The highest BCUT2D eigenvalue weighted by molar-refractivity contribution is 7.83. The van der Waals surface area contributed by atoms with E-state index >= 15 is 0 Å². The lowest BCUT2D eigenvalue weighted by Crippen LogP contribution is -2.12. The van der Waals surface area contributed by atoms with Crippen LogP contribution in [0.1, 0.15) is 43.2 Å². The smallest absolute Gasteiger partial charge is 0.291 e. The number of hydrogen-bond donors (Lipinski definition) is 2. The molecule has 2 heterocycles. The predicted molar refractivity (Wildman–Crippen MR) is 140 cm³/mol. The van der Waals surface area contributed by atoms with Crippen LogP contribution in [0.4, 0.5) is 5.69 Å². The molecule has 1 unspecified atom stereocenters. The highest BCUT2D eigenvalue weighted by Crippen LogP contribution is 2.16. The van der Waals surface area contributed by atoms with Crippen molar-refractivity contribution in [3.63, 3.8) is 0 Å². The highest BCUT2D eigenvalue weighted by atomic mass is 32.2. The van der Waals surface area contributed by atoms with Crippen molar-refractivity contribution in [2.24, 2.45) is 4.36 Å². The Hall–Kier alpha value is -4.36. The number of carbonyl (C=O) groups excluding carboxylic acids is 2. The largest absolute Gasteiger partial charge is 0.459 e. The maximum absolute atomic E-state index is 12.8. The number of aromatic nitrogens is 1. The molecule has 0 radical (unpaired) electrons. The molecule has 4 rings (SSSR count). The van der Waals surface area contributed by atoms with Gasteiger partial charge in [-0.25, -0.2) is 0 Å². The third kappa shape index (κ3) is 6.65. The number of nitrogens with one attached hydrogen (secondary N) is 1. The van der Waals surface area contributed by atoms with Crippen molar-refractivity contribution in [1.82, 2.24) is 4.98 Å². The molecule has 2 aromatic carbocycles. The van der Waals surface area contributed by atoms with Crippen LogP contribution in [-0.2, 0) is 21.8 Å². The van der Waals surface area contributed by atoms with E-state index in [0.29, 0.717) is 21.7 Å². The predicted octanol–water partition coefficient (Wildman–Crippen LogP) is 4.69. The van der Waals surface area contributed by atoms with Crippen LogP contribution >= 0.6 is 0 Å². The summed E-state index contributed by atoms with van der Waals surface area (Å²) < 4.78 is 14.8. The summed E-state index contributed by atoms with van der Waals surface area (Å²) in [5.74, 6) is 5.46. The van der Waals surface area contributed by atoms with Gasteiger partial charge >= 0.3 is 0 Å². The van der Waals surface area contributed by atoms with E-state index in [0.717, 1.165) is 11.1 Å². The van der Waals surface area contributed by atoms with E-state index < -0.39 is 16.9 Å². The first-order valence-corrected chi connectivity index (χ1v) is 12.2. The molecular weight excluding hydrogens is 490 g/mol. The van der Waals surface area contributed by atoms with Gasteiger partial charge in [-0.1, -0.05) is 30.0 Å². The molecule has 0 fully saturated rings. The Morgan fingerprint density at radius 1 is 1.08 bits per heavy atom. The van der Waals surface area contributed by atoms with Gasteiger partial charge in [-0.2, -0.15) is 4.36 Å². The molecule has 0 aliphatic rings. The second kappa shape index (κ2) is 12.1. The van der Waals surface area contributed by atoms with Crippen molar-refractivity contribution < 1.29 is 23.3 Å². The number of aliphatic hydroxyl groups is 1. The van der Waals surface area contributed by atoms with Crippen molar-refractivity contribution >= 4 is 28.5 Å². The summed E-state index contributed by atoms with van der Waals surface area (Å²) >= 11 is 0. The van der Waals surface area contributed by atoms with E-state index in [4.69, 9.17) is 8.60 Å². The van der Waals surface area contributed by atoms with Crippen LogP contribution in [0.5, 0.6) is 0 Å². The Labute approximate surface area is 216 Å². The molecule has 2 aromatic heterocycles. The summed E-state index contributed by atoms with van der Waals surface area (Å²) in [5.41, 5.74) is 3.56. The Bertz CT molecular complexity index is 1530. The van der Waals surface area contributed by atoms with Gasteiger partial charge in [-0.15, -0.1) is 0 Å². The van der Waals surface area contributed by atoms with Gasteiger partial charge in [-0.05, 0) is 55.0 Å². The van der Waals surface area contributed by atoms with Gasteiger partial charge in [0.1, 0.15) is 0 Å². The van der Waals surface area contributed by atoms with Crippen LogP contribution in [0.15, 0.2) is 93.0 Å². The van der Waals surface area contributed by atoms with Gasteiger partial charge in [-0.3, -0.25) is 14.6 Å². The lowest BCUT2D eigenvalue weighted by atomic mass is 10.1. The van der Waals surface area contributed by atoms with Crippen molar-refractivity contribution in [3.05, 3.63) is 113 Å². The molecule has 0 aliphatic carbocycles. The molecule has 9 heteroatoms. The van der Waals surface area contributed by atoms with E-state index in [-0.39, 0.29) is 23.8 Å². The standard InChI is InChI=1S/C28H23N3O5S/c1-19-12-13-36-26(19)28(34)30-24-5-3-4-20(15-24)6-7-22-14-23(17-29-16-22)27(33)31-37(35-2)25-10-8-21(18-32)9-11-25/h3-5,8-17,32H,18H2,1-2H3,(H,30,34). The number of rotatable bonds is 6. The Morgan fingerprint density at radius 3 is 2.57 bits per heavy atom. The number of carbonyl (C=O) groups is 2. The number of aryl methyl sites for hydroxylation is 1. The van der Waals surface area contributed by atoms with Crippen LogP contribution in [-0.4, -0.2) is 29.0 Å². The van der Waals surface area contributed by atoms with Gasteiger partial charge in [0, 0.05) is 39.7 Å². The van der Waals surface area contributed by atoms with Crippen LogP contribution in [0.3, 0.4) is 0 Å². The second-order valence-electron chi connectivity index (χ2n) is 7.79. The van der Waals surface area contributed by atoms with E-state index in [2.05, 4.69) is 26.5 Å². The van der Waals surface area contributed by atoms with E-state index in [9.17, 15) is 14.7 Å². The molecule has 8 nitrogen and oxygen atoms in total. The number of hydrogen-bond acceptors (Lipinski definition) is 6. The number of nitrogens with zero attached hydrogens (tertiary/aromatic N) is 2. The molecule has 0 saturated carbocycles. The number of benzene rings is 2. The molecule has 0 spiro atoms. The number of furan rings is 1. The minimum atomic E-state index is -1.11. The van der Waals surface area contributed by atoms with Crippen LogP contribution < -0.4 is 5.32 Å². The molecule has 186 valence electrons. The quantitative estimate of drug-likeness (QED) is 0.362. The van der Waals surface area contributed by atoms with E-state index in [1.165, 1.54) is 19.6 Å². The molecule has 1 atom stereocenters. The van der Waals surface area contributed by atoms with Crippen molar-refractivity contribution in [2.75, 3.05) is 12.4 Å². The summed E-state index contributed by atoms with van der Waals surface area (Å²) in [4.78, 5) is 30.0. The number of anilines is 1. The average molecular weight is 514 g/mol. The first-order chi connectivity index (χ1) is 18.0. The number of aliphatic hydroxyl groups excluding tert-OH is 1. The van der Waals surface area contributed by atoms with Gasteiger partial charge in [0.2, 0.25) is 0 Å². The van der Waals surface area contributed by atoms with Crippen molar-refractivity contribution in [1.29, 1.82) is 0 Å². The summed E-state index contributed by atoms with van der Waals surface area (Å²) in [7, 11) is 0.371. The number of pyridine rings is 1. The maximum Gasteiger partial charge on any atom is 0.291 e. The highest BCUT2D eigenvalue weighted by Gasteiger charge is 2.13. The Balaban J connectivity index is 1.50. The molecule has 2 amide bonds. The molecule has 0 aliphatic heterocycles. The van der Waals surface area contributed by atoms with Crippen LogP contribution in [0, 0.1) is 18.8 Å². The lowest BCUT2D eigenvalue weighted by molar-refractivity contribution is 0.0991. The van der Waals surface area contributed by atoms with E-state index in [1.54, 1.807) is 67.7 Å². The summed E-state index contributed by atoms with van der Waals surface area (Å²) in [6, 6.07) is 17.5. The third-order valence-electron chi connectivity index (χ3n) is 5.16. The maximum atomic E-state index is 12.8. The average Bonchev–Trinajstić information content (AvgIpc) is 3.37. The summed E-state index contributed by atoms with van der Waals surface area (Å²) in [6.07, 6.45) is 4.45. The van der Waals surface area contributed by atoms with Crippen LogP contribution in [0.2, 0.25) is 0 Å². The fraction of sp³-hybridized carbons (Fsp3) is 0.107. The first-order valence-electron chi connectivity index (χ1n) is 11.1. The van der Waals surface area contributed by atoms with E-state index in [1.807, 2.05) is 6.07 Å². The third-order valence-corrected chi connectivity index (χ3v) is 6.48. The molecule has 37 heavy (non-hydrogen) atoms. The summed E-state index contributed by atoms with van der Waals surface area (Å²) in [5, 5.41) is 12.0. The fourth-order valence-electron chi connectivity index (χ4n) is 3.26.